The Kier molecular flexibility index (Phi) is 7.91. The summed E-state index contributed by atoms with van der Waals surface area (Å²) >= 11 is 0. The molecule has 1 aromatic rings. The molecule has 6 nitrogen and oxygen atoms in total. The van der Waals surface area contributed by atoms with E-state index in [-0.39, 0.29) is 18.0 Å². The molecule has 2 atom stereocenters. The number of likely N-dealkylation sites (tertiary alicyclic amines) is 1. The summed E-state index contributed by atoms with van der Waals surface area (Å²) < 4.78 is 4.81. The number of urea groups is 1. The first-order valence-electron chi connectivity index (χ1n) is 9.55. The molecule has 1 aliphatic rings. The third-order valence-corrected chi connectivity index (χ3v) is 5.28. The Morgan fingerprint density at radius 2 is 1.88 bits per heavy atom. The molecule has 0 aromatic heterocycles. The number of hydrogen-bond donors (Lipinski definition) is 3. The van der Waals surface area contributed by atoms with Crippen molar-refractivity contribution in [2.75, 3.05) is 20.2 Å². The molecule has 1 fully saturated rings. The van der Waals surface area contributed by atoms with Gasteiger partial charge in [0.15, 0.2) is 0 Å². The van der Waals surface area contributed by atoms with Crippen LogP contribution in [0.1, 0.15) is 38.7 Å². The van der Waals surface area contributed by atoms with Crippen molar-refractivity contribution in [2.45, 2.75) is 51.7 Å². The molecule has 3 N–H and O–H groups in total. The lowest BCUT2D eigenvalue weighted by Crippen LogP contribution is -3.12. The van der Waals surface area contributed by atoms with Crippen LogP contribution < -0.4 is 15.5 Å². The average molecular weight is 362 g/mol. The largest absolute Gasteiger partial charge is 0.467 e. The van der Waals surface area contributed by atoms with Crippen LogP contribution in [0.2, 0.25) is 0 Å². The van der Waals surface area contributed by atoms with E-state index in [2.05, 4.69) is 34.9 Å². The molecule has 1 aromatic carbocycles. The van der Waals surface area contributed by atoms with E-state index in [1.807, 2.05) is 19.9 Å². The maximum Gasteiger partial charge on any atom is 0.328 e. The Balaban J connectivity index is 1.77. The minimum absolute atomic E-state index is 0.0327. The van der Waals surface area contributed by atoms with Crippen LogP contribution >= 0.6 is 0 Å². The number of methoxy groups -OCH3 is 1. The van der Waals surface area contributed by atoms with Crippen molar-refractivity contribution in [3.05, 3.63) is 35.9 Å². The van der Waals surface area contributed by atoms with Gasteiger partial charge in [-0.15, -0.1) is 0 Å². The first-order chi connectivity index (χ1) is 12.5. The molecule has 2 rings (SSSR count). The summed E-state index contributed by atoms with van der Waals surface area (Å²) in [5, 5.41) is 5.81. The third kappa shape index (κ3) is 6.02. The molecule has 6 heteroatoms. The number of quaternary nitrogens is 1. The Hall–Kier alpha value is -2.08. The Morgan fingerprint density at radius 1 is 1.23 bits per heavy atom. The molecule has 26 heavy (non-hydrogen) atoms. The molecule has 1 heterocycles. The summed E-state index contributed by atoms with van der Waals surface area (Å²) in [5.74, 6) is -0.359. The summed E-state index contributed by atoms with van der Waals surface area (Å²) in [7, 11) is 1.35. The zero-order valence-corrected chi connectivity index (χ0v) is 16.1. The third-order valence-electron chi connectivity index (χ3n) is 5.28. The SMILES string of the molecule is CC[C@@H](C)[C@H](NC(=O)NC1CC[NH+](Cc2ccccc2)CC1)C(=O)OC. The second-order valence-electron chi connectivity index (χ2n) is 7.19. The van der Waals surface area contributed by atoms with Gasteiger partial charge < -0.3 is 20.3 Å². The molecule has 1 saturated heterocycles. The first kappa shape index (κ1) is 20.2. The van der Waals surface area contributed by atoms with Gasteiger partial charge in [-0.25, -0.2) is 9.59 Å². The van der Waals surface area contributed by atoms with Crippen molar-refractivity contribution in [1.82, 2.24) is 10.6 Å². The zero-order chi connectivity index (χ0) is 18.9. The fourth-order valence-corrected chi connectivity index (χ4v) is 3.40. The molecular weight excluding hydrogens is 330 g/mol. The highest BCUT2D eigenvalue weighted by Gasteiger charge is 2.28. The molecule has 0 saturated carbocycles. The number of amides is 2. The van der Waals surface area contributed by atoms with Gasteiger partial charge in [0, 0.05) is 24.4 Å². The first-order valence-corrected chi connectivity index (χ1v) is 9.55. The lowest BCUT2D eigenvalue weighted by molar-refractivity contribution is -0.918. The number of piperidine rings is 1. The summed E-state index contributed by atoms with van der Waals surface area (Å²) in [5.41, 5.74) is 1.35. The highest BCUT2D eigenvalue weighted by Crippen LogP contribution is 2.09. The van der Waals surface area contributed by atoms with Crippen LogP contribution in [-0.2, 0) is 16.1 Å². The predicted octanol–water partition coefficient (Wildman–Crippen LogP) is 1.12. The Morgan fingerprint density at radius 3 is 2.46 bits per heavy atom. The van der Waals surface area contributed by atoms with E-state index in [1.54, 1.807) is 4.90 Å². The van der Waals surface area contributed by atoms with Gasteiger partial charge in [0.2, 0.25) is 0 Å². The number of carbonyl (C=O) groups excluding carboxylic acids is 2. The molecule has 0 aliphatic carbocycles. The predicted molar refractivity (Wildman–Crippen MR) is 101 cm³/mol. The van der Waals surface area contributed by atoms with Crippen LogP contribution in [-0.4, -0.2) is 44.3 Å². The van der Waals surface area contributed by atoms with Crippen LogP contribution in [0, 0.1) is 5.92 Å². The molecule has 2 amide bonds. The van der Waals surface area contributed by atoms with E-state index in [0.29, 0.717) is 0 Å². The standard InChI is InChI=1S/C20H31N3O3/c1-4-15(2)18(19(24)26-3)22-20(25)21-17-10-12-23(13-11-17)14-16-8-6-5-7-9-16/h5-9,15,17-18H,4,10-14H2,1-3H3,(H2,21,22,25)/p+1/t15-,18+/m1/s1. The van der Waals surface area contributed by atoms with Crippen molar-refractivity contribution < 1.29 is 19.2 Å². The second-order valence-corrected chi connectivity index (χ2v) is 7.19. The normalized spacial score (nSPS) is 22.1. The molecular formula is C20H32N3O3+. The number of nitrogens with one attached hydrogen (secondary N) is 3. The quantitative estimate of drug-likeness (QED) is 0.637. The minimum Gasteiger partial charge on any atom is -0.467 e. The van der Waals surface area contributed by atoms with Crippen molar-refractivity contribution in [1.29, 1.82) is 0 Å². The van der Waals surface area contributed by atoms with Gasteiger partial charge in [-0.05, 0) is 5.92 Å². The van der Waals surface area contributed by atoms with Gasteiger partial charge in [0.05, 0.1) is 20.2 Å². The maximum absolute atomic E-state index is 12.3. The summed E-state index contributed by atoms with van der Waals surface area (Å²) in [6, 6.07) is 9.77. The monoisotopic (exact) mass is 362 g/mol. The van der Waals surface area contributed by atoms with Gasteiger partial charge in [-0.3, -0.25) is 0 Å². The summed E-state index contributed by atoms with van der Waals surface area (Å²) in [6.07, 6.45) is 2.69. The van der Waals surface area contributed by atoms with Gasteiger partial charge in [-0.1, -0.05) is 50.6 Å². The summed E-state index contributed by atoms with van der Waals surface area (Å²) in [6.45, 7) is 7.02. The van der Waals surface area contributed by atoms with Crippen LogP contribution in [0.5, 0.6) is 0 Å². The molecule has 0 bridgehead atoms. The van der Waals surface area contributed by atoms with Gasteiger partial charge in [-0.2, -0.15) is 0 Å². The second kappa shape index (κ2) is 10.2. The van der Waals surface area contributed by atoms with Crippen molar-refractivity contribution >= 4 is 12.0 Å². The number of esters is 1. The molecule has 1 aliphatic heterocycles. The molecule has 0 unspecified atom stereocenters. The summed E-state index contributed by atoms with van der Waals surface area (Å²) in [4.78, 5) is 25.7. The number of hydrogen-bond acceptors (Lipinski definition) is 3. The van der Waals surface area contributed by atoms with Crippen LogP contribution in [0.15, 0.2) is 30.3 Å². The van der Waals surface area contributed by atoms with Crippen molar-refractivity contribution in [3.8, 4) is 0 Å². The number of ether oxygens (including phenoxy) is 1. The maximum atomic E-state index is 12.3. The highest BCUT2D eigenvalue weighted by atomic mass is 16.5. The van der Waals surface area contributed by atoms with E-state index < -0.39 is 12.0 Å². The minimum atomic E-state index is -0.603. The molecule has 0 radical (unpaired) electrons. The topological polar surface area (TPSA) is 71.9 Å². The van der Waals surface area contributed by atoms with Crippen LogP contribution in [0.25, 0.3) is 0 Å². The van der Waals surface area contributed by atoms with Crippen LogP contribution in [0.3, 0.4) is 0 Å². The average Bonchev–Trinajstić information content (AvgIpc) is 2.67. The van der Waals surface area contributed by atoms with Crippen molar-refractivity contribution in [3.63, 3.8) is 0 Å². The number of rotatable bonds is 7. The fourth-order valence-electron chi connectivity index (χ4n) is 3.40. The zero-order valence-electron chi connectivity index (χ0n) is 16.1. The Bertz CT molecular complexity index is 571. The van der Waals surface area contributed by atoms with Gasteiger partial charge >= 0.3 is 12.0 Å². The van der Waals surface area contributed by atoms with E-state index in [0.717, 1.165) is 38.9 Å². The van der Waals surface area contributed by atoms with Crippen molar-refractivity contribution in [2.24, 2.45) is 5.92 Å². The van der Waals surface area contributed by atoms with E-state index >= 15 is 0 Å². The number of benzene rings is 1. The lowest BCUT2D eigenvalue weighted by Gasteiger charge is -2.30. The van der Waals surface area contributed by atoms with E-state index in [1.165, 1.54) is 12.7 Å². The van der Waals surface area contributed by atoms with E-state index in [4.69, 9.17) is 4.74 Å². The van der Waals surface area contributed by atoms with Crippen LogP contribution in [0.4, 0.5) is 4.79 Å². The fraction of sp³-hybridized carbons (Fsp3) is 0.600. The van der Waals surface area contributed by atoms with Gasteiger partial charge in [0.1, 0.15) is 12.6 Å². The highest BCUT2D eigenvalue weighted by molar-refractivity contribution is 5.83. The number of carbonyl (C=O) groups is 2. The Labute approximate surface area is 156 Å². The lowest BCUT2D eigenvalue weighted by atomic mass is 9.99. The van der Waals surface area contributed by atoms with Gasteiger partial charge in [0.25, 0.3) is 0 Å². The van der Waals surface area contributed by atoms with E-state index in [9.17, 15) is 9.59 Å². The molecule has 0 spiro atoms. The molecule has 144 valence electrons. The smallest absolute Gasteiger partial charge is 0.328 e.